The molecule has 160 valence electrons. The van der Waals surface area contributed by atoms with Crippen molar-refractivity contribution in [3.63, 3.8) is 0 Å². The lowest BCUT2D eigenvalue weighted by Gasteiger charge is -2.43. The highest BCUT2D eigenvalue weighted by atomic mass is 16.7. The van der Waals surface area contributed by atoms with Crippen LogP contribution in [0.3, 0.4) is 0 Å². The first-order valence-electron chi connectivity index (χ1n) is 10.5. The lowest BCUT2D eigenvalue weighted by atomic mass is 9.90. The molecule has 1 aliphatic rings. The smallest absolute Gasteiger partial charge is 0.186 e. The molecule has 2 N–H and O–H groups in total. The molecule has 1 saturated heterocycles. The highest BCUT2D eigenvalue weighted by Crippen LogP contribution is 2.29. The first-order chi connectivity index (χ1) is 13.2. The minimum absolute atomic E-state index is 0.234. The summed E-state index contributed by atoms with van der Waals surface area (Å²) in [7, 11) is 0. The number of rotatable bonds is 9. The zero-order valence-electron chi connectivity index (χ0n) is 18.0. The molecule has 1 aromatic carbocycles. The highest BCUT2D eigenvalue weighted by Gasteiger charge is 2.45. The second-order valence-electron chi connectivity index (χ2n) is 9.45. The first-order valence-corrected chi connectivity index (χ1v) is 10.5. The summed E-state index contributed by atoms with van der Waals surface area (Å²) >= 11 is 0. The van der Waals surface area contributed by atoms with Gasteiger partial charge in [0.2, 0.25) is 0 Å². The van der Waals surface area contributed by atoms with Gasteiger partial charge in [-0.15, -0.1) is 0 Å². The zero-order valence-corrected chi connectivity index (χ0v) is 18.0. The molecule has 1 fully saturated rings. The summed E-state index contributed by atoms with van der Waals surface area (Å²) in [6, 6.07) is 9.78. The highest BCUT2D eigenvalue weighted by molar-refractivity contribution is 5.13. The molecule has 0 aliphatic carbocycles. The van der Waals surface area contributed by atoms with Crippen LogP contribution in [0.5, 0.6) is 0 Å². The maximum Gasteiger partial charge on any atom is 0.186 e. The van der Waals surface area contributed by atoms with Crippen LogP contribution < -0.4 is 0 Å². The van der Waals surface area contributed by atoms with E-state index in [1.165, 1.54) is 0 Å². The number of aliphatic hydroxyl groups is 2. The summed E-state index contributed by atoms with van der Waals surface area (Å²) in [5.74, 6) is 0.353. The van der Waals surface area contributed by atoms with Gasteiger partial charge in [0.15, 0.2) is 6.29 Å². The predicted molar refractivity (Wildman–Crippen MR) is 110 cm³/mol. The van der Waals surface area contributed by atoms with Crippen molar-refractivity contribution in [2.75, 3.05) is 6.61 Å². The van der Waals surface area contributed by atoms with E-state index in [4.69, 9.17) is 14.2 Å². The van der Waals surface area contributed by atoms with Gasteiger partial charge in [0.25, 0.3) is 0 Å². The maximum atomic E-state index is 10.8. The molecule has 5 nitrogen and oxygen atoms in total. The van der Waals surface area contributed by atoms with Gasteiger partial charge in [0.1, 0.15) is 18.3 Å². The topological polar surface area (TPSA) is 68.2 Å². The average Bonchev–Trinajstić information content (AvgIpc) is 2.62. The van der Waals surface area contributed by atoms with E-state index in [1.807, 2.05) is 30.3 Å². The Kier molecular flexibility index (Phi) is 8.90. The summed E-state index contributed by atoms with van der Waals surface area (Å²) in [5, 5.41) is 21.5. The molecule has 0 radical (unpaired) electrons. The van der Waals surface area contributed by atoms with Crippen LogP contribution in [0.25, 0.3) is 0 Å². The number of ether oxygens (including phenoxy) is 3. The number of hydrogen-bond acceptors (Lipinski definition) is 5. The lowest BCUT2D eigenvalue weighted by molar-refractivity contribution is -0.308. The van der Waals surface area contributed by atoms with Gasteiger partial charge in [-0.1, -0.05) is 65.0 Å². The van der Waals surface area contributed by atoms with Crippen molar-refractivity contribution in [2.24, 2.45) is 11.3 Å². The quantitative estimate of drug-likeness (QED) is 0.622. The standard InChI is InChI=1S/C23H38O5/c1-16(2)14-18-19(24)21(26-13-9-12-23(3,4)5)20(25)22(28-18)27-15-17-10-7-6-8-11-17/h6-8,10-11,16,18-22,24-25H,9,12-15H2,1-5H3/t18-,19-,20-,21+,22+/m1/s1. The van der Waals surface area contributed by atoms with Crippen LogP contribution >= 0.6 is 0 Å². The summed E-state index contributed by atoms with van der Waals surface area (Å²) in [4.78, 5) is 0. The molecule has 0 spiro atoms. The SMILES string of the molecule is CC(C)C[C@H]1O[C@H](OCc2ccccc2)[C@H](O)[C@@H](OCCCC(C)(C)C)[C@@H]1O. The molecule has 0 saturated carbocycles. The van der Waals surface area contributed by atoms with Crippen molar-refractivity contribution < 1.29 is 24.4 Å². The Labute approximate surface area is 170 Å². The largest absolute Gasteiger partial charge is 0.388 e. The van der Waals surface area contributed by atoms with Crippen molar-refractivity contribution in [1.82, 2.24) is 0 Å². The van der Waals surface area contributed by atoms with E-state index in [9.17, 15) is 10.2 Å². The summed E-state index contributed by atoms with van der Waals surface area (Å²) in [6.07, 6.45) is -1.27. The van der Waals surface area contributed by atoms with Crippen molar-refractivity contribution in [3.05, 3.63) is 35.9 Å². The molecule has 1 aliphatic heterocycles. The molecule has 5 atom stereocenters. The third-order valence-electron chi connectivity index (χ3n) is 4.98. The second-order valence-corrected chi connectivity index (χ2v) is 9.45. The summed E-state index contributed by atoms with van der Waals surface area (Å²) < 4.78 is 17.7. The van der Waals surface area contributed by atoms with Gasteiger partial charge in [0, 0.05) is 6.61 Å². The Hall–Kier alpha value is -0.980. The molecule has 1 aromatic rings. The van der Waals surface area contributed by atoms with Crippen LogP contribution in [-0.2, 0) is 20.8 Å². The summed E-state index contributed by atoms with van der Waals surface area (Å²) in [5.41, 5.74) is 1.24. The zero-order chi connectivity index (χ0) is 20.7. The third-order valence-corrected chi connectivity index (χ3v) is 4.98. The Morgan fingerprint density at radius 2 is 1.71 bits per heavy atom. The molecule has 2 rings (SSSR count). The van der Waals surface area contributed by atoms with Crippen LogP contribution in [0.15, 0.2) is 30.3 Å². The van der Waals surface area contributed by atoms with Crippen LogP contribution in [0.4, 0.5) is 0 Å². The van der Waals surface area contributed by atoms with Crippen molar-refractivity contribution in [3.8, 4) is 0 Å². The van der Waals surface area contributed by atoms with E-state index >= 15 is 0 Å². The van der Waals surface area contributed by atoms with Crippen molar-refractivity contribution >= 4 is 0 Å². The van der Waals surface area contributed by atoms with E-state index < -0.39 is 30.7 Å². The predicted octanol–water partition coefficient (Wildman–Crippen LogP) is 3.91. The van der Waals surface area contributed by atoms with Gasteiger partial charge in [0.05, 0.1) is 12.7 Å². The van der Waals surface area contributed by atoms with E-state index in [0.717, 1.165) is 18.4 Å². The van der Waals surface area contributed by atoms with E-state index in [1.54, 1.807) is 0 Å². The fraction of sp³-hybridized carbons (Fsp3) is 0.739. The Morgan fingerprint density at radius 3 is 2.32 bits per heavy atom. The van der Waals surface area contributed by atoms with Crippen LogP contribution in [0.2, 0.25) is 0 Å². The molecule has 0 unspecified atom stereocenters. The molecular formula is C23H38O5. The van der Waals surface area contributed by atoms with E-state index in [-0.39, 0.29) is 5.41 Å². The number of aliphatic hydroxyl groups excluding tert-OH is 2. The van der Waals surface area contributed by atoms with Crippen LogP contribution in [0.1, 0.15) is 59.4 Å². The molecule has 0 aromatic heterocycles. The molecule has 1 heterocycles. The van der Waals surface area contributed by atoms with E-state index in [0.29, 0.717) is 25.6 Å². The Balaban J connectivity index is 1.99. The van der Waals surface area contributed by atoms with Gasteiger partial charge >= 0.3 is 0 Å². The fourth-order valence-electron chi connectivity index (χ4n) is 3.47. The minimum atomic E-state index is -1.03. The Morgan fingerprint density at radius 1 is 1.04 bits per heavy atom. The van der Waals surface area contributed by atoms with Crippen LogP contribution in [0, 0.1) is 11.3 Å². The van der Waals surface area contributed by atoms with Crippen molar-refractivity contribution in [2.45, 2.75) is 91.2 Å². The Bertz CT molecular complexity index is 554. The first kappa shape index (κ1) is 23.3. The molecular weight excluding hydrogens is 356 g/mol. The van der Waals surface area contributed by atoms with Gasteiger partial charge in [-0.2, -0.15) is 0 Å². The summed E-state index contributed by atoms with van der Waals surface area (Å²) in [6.45, 7) is 11.6. The normalized spacial score (nSPS) is 28.6. The average molecular weight is 395 g/mol. The maximum absolute atomic E-state index is 10.8. The fourth-order valence-corrected chi connectivity index (χ4v) is 3.47. The molecule has 5 heteroatoms. The molecule has 28 heavy (non-hydrogen) atoms. The minimum Gasteiger partial charge on any atom is -0.388 e. The lowest BCUT2D eigenvalue weighted by Crippen LogP contribution is -2.59. The third kappa shape index (κ3) is 7.45. The van der Waals surface area contributed by atoms with Gasteiger partial charge in [-0.05, 0) is 36.2 Å². The van der Waals surface area contributed by atoms with E-state index in [2.05, 4.69) is 34.6 Å². The van der Waals surface area contributed by atoms with Gasteiger partial charge in [-0.25, -0.2) is 0 Å². The number of hydrogen-bond donors (Lipinski definition) is 2. The molecule has 0 bridgehead atoms. The monoisotopic (exact) mass is 394 g/mol. The second kappa shape index (κ2) is 10.7. The van der Waals surface area contributed by atoms with Crippen molar-refractivity contribution in [1.29, 1.82) is 0 Å². The van der Waals surface area contributed by atoms with Crippen LogP contribution in [-0.4, -0.2) is 47.5 Å². The van der Waals surface area contributed by atoms with Gasteiger partial charge < -0.3 is 24.4 Å². The number of benzene rings is 1. The molecule has 0 amide bonds. The van der Waals surface area contributed by atoms with Gasteiger partial charge in [-0.3, -0.25) is 0 Å².